The smallest absolute Gasteiger partial charge is 0.220 e. The summed E-state index contributed by atoms with van der Waals surface area (Å²) in [5, 5.41) is 15.2. The van der Waals surface area contributed by atoms with Gasteiger partial charge in [-0.2, -0.15) is 0 Å². The highest BCUT2D eigenvalue weighted by molar-refractivity contribution is 6.50. The fourth-order valence-electron chi connectivity index (χ4n) is 7.43. The number of hydrogen-bond acceptors (Lipinski definition) is 10. The van der Waals surface area contributed by atoms with Crippen molar-refractivity contribution < 1.29 is 9.59 Å². The lowest BCUT2D eigenvalue weighted by molar-refractivity contribution is -0.121. The minimum absolute atomic E-state index is 0.00353. The summed E-state index contributed by atoms with van der Waals surface area (Å²) in [5.74, 6) is -0.0763. The van der Waals surface area contributed by atoms with Crippen molar-refractivity contribution in [2.24, 2.45) is 32.9 Å². The first-order chi connectivity index (χ1) is 25.1. The van der Waals surface area contributed by atoms with Crippen LogP contribution in [0.2, 0.25) is 0 Å². The lowest BCUT2D eigenvalue weighted by Crippen LogP contribution is -2.39. The second kappa shape index (κ2) is 17.9. The van der Waals surface area contributed by atoms with Gasteiger partial charge in [-0.3, -0.25) is 19.6 Å². The molecule has 2 amide bonds. The number of aliphatic imine (C=N–C) groups is 2. The van der Waals surface area contributed by atoms with Crippen molar-refractivity contribution in [2.75, 3.05) is 52.4 Å². The van der Waals surface area contributed by atoms with Gasteiger partial charge < -0.3 is 54.2 Å². The molecule has 282 valence electrons. The van der Waals surface area contributed by atoms with Gasteiger partial charge in [-0.15, -0.1) is 0 Å². The van der Waals surface area contributed by atoms with Crippen molar-refractivity contribution in [3.63, 3.8) is 0 Å². The lowest BCUT2D eigenvalue weighted by Gasteiger charge is -2.19. The highest BCUT2D eigenvalue weighted by Gasteiger charge is 2.34. The molecule has 2 aromatic rings. The molecule has 2 aromatic heterocycles. The summed E-state index contributed by atoms with van der Waals surface area (Å²) < 4.78 is 0. The molecule has 3 aliphatic rings. The standard InChI is InChI=1S/C38H58N12O2/c1-21-25(5-7-35(51)43-13-9-39)31-20-32-26(6-8-36(52)44-14-10-40)22(2)28(48-32)18-33-38(46-16-12-42)24(4)30(50-33)19-34-37(45-15-11-41)23(3)29(49-34)17-27(21)47-31/h17,20,30,33,46-48,50H,5-16,18-19,39-42H2,1-4H3,(H,43,51)(H,44,52)/b27-17-,31-20-,45-37?. The number of aromatic amines is 2. The molecule has 0 spiro atoms. The van der Waals surface area contributed by atoms with Crippen molar-refractivity contribution >= 4 is 35.4 Å². The number of allylic oxidation sites excluding steroid dienone is 2. The van der Waals surface area contributed by atoms with Crippen LogP contribution in [0.5, 0.6) is 0 Å². The van der Waals surface area contributed by atoms with E-state index in [1.807, 2.05) is 0 Å². The number of fused-ring (bicyclic) bond motifs is 7. The van der Waals surface area contributed by atoms with Gasteiger partial charge in [-0.25, -0.2) is 0 Å². The minimum atomic E-state index is -0.0441. The molecule has 0 fully saturated rings. The number of nitrogens with one attached hydrogen (secondary N) is 6. The number of amides is 2. The number of nitrogens with two attached hydrogens (primary N) is 4. The number of carbonyl (C=O) groups excluding carboxylic acids is 2. The Morgan fingerprint density at radius 1 is 0.808 bits per heavy atom. The Balaban J connectivity index is 1.70. The molecule has 3 aliphatic heterocycles. The van der Waals surface area contributed by atoms with Crippen molar-refractivity contribution in [1.82, 2.24) is 31.2 Å². The average Bonchev–Trinajstić information content (AvgIpc) is 3.79. The fourth-order valence-corrected chi connectivity index (χ4v) is 7.43. The van der Waals surface area contributed by atoms with Crippen LogP contribution in [0.4, 0.5) is 0 Å². The molecule has 14 N–H and O–H groups in total. The summed E-state index contributed by atoms with van der Waals surface area (Å²) in [7, 11) is 0. The Bertz CT molecular complexity index is 1890. The Labute approximate surface area is 306 Å². The van der Waals surface area contributed by atoms with Crippen LogP contribution in [0.25, 0.3) is 12.2 Å². The largest absolute Gasteiger partial charge is 0.386 e. The predicted molar refractivity (Wildman–Crippen MR) is 209 cm³/mol. The number of H-pyrrole nitrogens is 2. The monoisotopic (exact) mass is 714 g/mol. The summed E-state index contributed by atoms with van der Waals surface area (Å²) in [6, 6.07) is 0.0406. The highest BCUT2D eigenvalue weighted by Crippen LogP contribution is 2.30. The average molecular weight is 715 g/mol. The molecular weight excluding hydrogens is 656 g/mol. The van der Waals surface area contributed by atoms with Crippen LogP contribution >= 0.6 is 0 Å². The predicted octanol–water partition coefficient (Wildman–Crippen LogP) is -1.18. The van der Waals surface area contributed by atoms with E-state index in [0.717, 1.165) is 72.7 Å². The van der Waals surface area contributed by atoms with Crippen LogP contribution in [0.3, 0.4) is 0 Å². The van der Waals surface area contributed by atoms with Crippen LogP contribution in [-0.4, -0.2) is 97.6 Å². The highest BCUT2D eigenvalue weighted by atomic mass is 16.2. The molecule has 8 bridgehead atoms. The van der Waals surface area contributed by atoms with Crippen molar-refractivity contribution in [1.29, 1.82) is 0 Å². The van der Waals surface area contributed by atoms with Crippen molar-refractivity contribution in [2.45, 2.75) is 78.3 Å². The van der Waals surface area contributed by atoms with E-state index < -0.39 is 0 Å². The maximum Gasteiger partial charge on any atom is 0.220 e. The Morgan fingerprint density at radius 3 is 2.13 bits per heavy atom. The Morgan fingerprint density at radius 2 is 1.48 bits per heavy atom. The maximum atomic E-state index is 12.8. The molecule has 0 saturated carbocycles. The lowest BCUT2D eigenvalue weighted by atomic mass is 9.98. The van der Waals surface area contributed by atoms with Gasteiger partial charge >= 0.3 is 0 Å². The van der Waals surface area contributed by atoms with E-state index in [2.05, 4.69) is 71.1 Å². The number of nitrogens with zero attached hydrogens (tertiary/aromatic N) is 2. The molecule has 2 atom stereocenters. The topological polar surface area (TPSA) is 243 Å². The first kappa shape index (κ1) is 38.9. The second-order valence-electron chi connectivity index (χ2n) is 13.8. The van der Waals surface area contributed by atoms with E-state index in [4.69, 9.17) is 32.9 Å². The molecule has 2 unspecified atom stereocenters. The van der Waals surface area contributed by atoms with Crippen LogP contribution < -0.4 is 54.9 Å². The molecule has 0 radical (unpaired) electrons. The van der Waals surface area contributed by atoms with Gasteiger partial charge in [0.2, 0.25) is 11.8 Å². The van der Waals surface area contributed by atoms with E-state index in [1.165, 1.54) is 5.57 Å². The zero-order chi connectivity index (χ0) is 37.4. The molecule has 14 heteroatoms. The quantitative estimate of drug-likeness (QED) is 0.107. The molecular formula is C38H58N12O2. The molecule has 0 aromatic carbocycles. The van der Waals surface area contributed by atoms with Crippen molar-refractivity contribution in [3.05, 3.63) is 66.9 Å². The summed E-state index contributed by atoms with van der Waals surface area (Å²) in [6.07, 6.45) is 7.33. The summed E-state index contributed by atoms with van der Waals surface area (Å²) in [5.41, 5.74) is 35.5. The fraction of sp³-hybridized carbons (Fsp3) is 0.526. The minimum Gasteiger partial charge on any atom is -0.386 e. The van der Waals surface area contributed by atoms with E-state index in [-0.39, 0.29) is 23.9 Å². The molecule has 5 heterocycles. The van der Waals surface area contributed by atoms with Crippen LogP contribution in [0.15, 0.2) is 32.5 Å². The zero-order valence-corrected chi connectivity index (χ0v) is 31.2. The van der Waals surface area contributed by atoms with E-state index in [0.29, 0.717) is 90.9 Å². The van der Waals surface area contributed by atoms with Gasteiger partial charge in [0, 0.05) is 111 Å². The van der Waals surface area contributed by atoms with Gasteiger partial charge in [0.25, 0.3) is 0 Å². The molecule has 0 aliphatic carbocycles. The normalized spacial score (nSPS) is 20.5. The van der Waals surface area contributed by atoms with Crippen LogP contribution in [0, 0.1) is 13.8 Å². The van der Waals surface area contributed by atoms with Gasteiger partial charge in [0.1, 0.15) is 0 Å². The third-order valence-electron chi connectivity index (χ3n) is 10.3. The molecule has 52 heavy (non-hydrogen) atoms. The van der Waals surface area contributed by atoms with Crippen LogP contribution in [0.1, 0.15) is 66.8 Å². The molecule has 14 nitrogen and oxygen atoms in total. The Hall–Kier alpha value is -4.34. The third-order valence-corrected chi connectivity index (χ3v) is 10.3. The van der Waals surface area contributed by atoms with E-state index in [1.54, 1.807) is 0 Å². The van der Waals surface area contributed by atoms with E-state index >= 15 is 0 Å². The van der Waals surface area contributed by atoms with Gasteiger partial charge in [-0.05, 0) is 80.5 Å². The van der Waals surface area contributed by atoms with Gasteiger partial charge in [0.15, 0.2) is 0 Å². The summed E-state index contributed by atoms with van der Waals surface area (Å²) in [4.78, 5) is 43.1. The Kier molecular flexibility index (Phi) is 13.4. The van der Waals surface area contributed by atoms with Gasteiger partial charge in [0.05, 0.1) is 29.7 Å². The second-order valence-corrected chi connectivity index (χ2v) is 13.8. The third kappa shape index (κ3) is 8.81. The number of carbonyl (C=O) groups is 2. The number of aromatic nitrogens is 2. The summed E-state index contributed by atoms with van der Waals surface area (Å²) in [6.45, 7) is 12.3. The zero-order valence-electron chi connectivity index (χ0n) is 31.2. The molecule has 0 saturated heterocycles. The van der Waals surface area contributed by atoms with Crippen LogP contribution in [-0.2, 0) is 28.9 Å². The van der Waals surface area contributed by atoms with Gasteiger partial charge in [-0.1, -0.05) is 0 Å². The van der Waals surface area contributed by atoms with Crippen molar-refractivity contribution in [3.8, 4) is 0 Å². The first-order valence-electron chi connectivity index (χ1n) is 18.6. The molecule has 5 rings (SSSR count). The van der Waals surface area contributed by atoms with E-state index in [9.17, 15) is 9.59 Å². The number of hydrogen-bond donors (Lipinski definition) is 10. The first-order valence-corrected chi connectivity index (χ1v) is 18.6. The summed E-state index contributed by atoms with van der Waals surface area (Å²) >= 11 is 0. The number of rotatable bonds is 15. The SMILES string of the molecule is CC1=C2/C=c3\[nH]/c(c(CCC(=O)NCCN)c3C)=C\c3[nH]c(c(C)c3CCC(=O)NCCN)CC3NC(CC(=N2)C1=NCCN)C(C)=C3NCCN. The maximum absolute atomic E-state index is 12.8.